The fourth-order valence-electron chi connectivity index (χ4n) is 0.129. The van der Waals surface area contributed by atoms with Crippen molar-refractivity contribution in [1.29, 1.82) is 0 Å². The smallest absolute Gasteiger partial charge is 0.371 e. The Labute approximate surface area is 72.6 Å². The Kier molecular flexibility index (Phi) is 7.11. The standard InChI is InChI=1S/C3H4O4.C3H4O3/c4-2(5)1-3(6)7;1-2(4)3(5)6/h1H2,(H,4,5)(H,6,7);1H3,(H,5,6). The van der Waals surface area contributed by atoms with E-state index in [2.05, 4.69) is 0 Å². The summed E-state index contributed by atoms with van der Waals surface area (Å²) in [5, 5.41) is 23.0. The lowest BCUT2D eigenvalue weighted by Gasteiger charge is -1.80. The van der Waals surface area contributed by atoms with Gasteiger partial charge in [-0.3, -0.25) is 14.4 Å². The Balaban J connectivity index is 0. The fraction of sp³-hybridized carbons (Fsp3) is 0.333. The van der Waals surface area contributed by atoms with Gasteiger partial charge in [-0.15, -0.1) is 0 Å². The predicted octanol–water partition coefficient (Wildman–Crippen LogP) is -0.794. The molecule has 0 saturated carbocycles. The molecule has 0 aliphatic rings. The van der Waals surface area contributed by atoms with Gasteiger partial charge in [0, 0.05) is 6.92 Å². The van der Waals surface area contributed by atoms with Gasteiger partial charge in [-0.05, 0) is 0 Å². The van der Waals surface area contributed by atoms with Crippen LogP contribution in [0.2, 0.25) is 0 Å². The van der Waals surface area contributed by atoms with Crippen molar-refractivity contribution < 1.29 is 34.5 Å². The van der Waals surface area contributed by atoms with Gasteiger partial charge >= 0.3 is 17.9 Å². The van der Waals surface area contributed by atoms with Crippen LogP contribution in [0.15, 0.2) is 0 Å². The van der Waals surface area contributed by atoms with Crippen molar-refractivity contribution in [2.75, 3.05) is 0 Å². The van der Waals surface area contributed by atoms with E-state index < -0.39 is 30.1 Å². The van der Waals surface area contributed by atoms with Crippen LogP contribution in [0.1, 0.15) is 13.3 Å². The Morgan fingerprint density at radius 1 is 0.923 bits per heavy atom. The van der Waals surface area contributed by atoms with Crippen molar-refractivity contribution in [2.45, 2.75) is 13.3 Å². The maximum atomic E-state index is 9.54. The summed E-state index contributed by atoms with van der Waals surface area (Å²) in [6.45, 7) is 1.00. The number of hydrogen-bond donors (Lipinski definition) is 3. The zero-order valence-corrected chi connectivity index (χ0v) is 6.68. The van der Waals surface area contributed by atoms with Crippen LogP contribution in [-0.2, 0) is 19.2 Å². The second-order valence-corrected chi connectivity index (χ2v) is 1.83. The van der Waals surface area contributed by atoms with Crippen LogP contribution in [0.3, 0.4) is 0 Å². The summed E-state index contributed by atoms with van der Waals surface area (Å²) in [4.78, 5) is 37.8. The molecule has 3 N–H and O–H groups in total. The van der Waals surface area contributed by atoms with E-state index in [9.17, 15) is 19.2 Å². The Bertz CT molecular complexity index is 205. The molecule has 0 rings (SSSR count). The molecule has 0 bridgehead atoms. The number of Topliss-reactive ketones (excluding diaryl/α,β-unsaturated/α-hetero) is 1. The van der Waals surface area contributed by atoms with Gasteiger partial charge in [0.1, 0.15) is 6.42 Å². The summed E-state index contributed by atoms with van der Waals surface area (Å²) in [5.74, 6) is -4.83. The SMILES string of the molecule is CC(=O)C(=O)O.O=C(O)CC(=O)O. The lowest BCUT2D eigenvalue weighted by atomic mass is 10.5. The molecule has 0 aromatic carbocycles. The molecule has 74 valence electrons. The fourth-order valence-corrected chi connectivity index (χ4v) is 0.129. The van der Waals surface area contributed by atoms with Gasteiger partial charge in [0.15, 0.2) is 0 Å². The summed E-state index contributed by atoms with van der Waals surface area (Å²) >= 11 is 0. The van der Waals surface area contributed by atoms with Crippen LogP contribution in [0.25, 0.3) is 0 Å². The number of carboxylic acids is 3. The Hall–Kier alpha value is -1.92. The highest BCUT2D eigenvalue weighted by molar-refractivity contribution is 6.31. The molecule has 0 heterocycles. The first-order valence-electron chi connectivity index (χ1n) is 2.94. The first-order chi connectivity index (χ1) is 5.77. The monoisotopic (exact) mass is 192 g/mol. The van der Waals surface area contributed by atoms with Crippen molar-refractivity contribution in [3.8, 4) is 0 Å². The molecule has 13 heavy (non-hydrogen) atoms. The van der Waals surface area contributed by atoms with Crippen molar-refractivity contribution in [2.24, 2.45) is 0 Å². The molecule has 7 heteroatoms. The molecule has 7 nitrogen and oxygen atoms in total. The topological polar surface area (TPSA) is 129 Å². The number of carbonyl (C=O) groups is 4. The van der Waals surface area contributed by atoms with E-state index in [0.29, 0.717) is 0 Å². The van der Waals surface area contributed by atoms with E-state index in [4.69, 9.17) is 15.3 Å². The summed E-state index contributed by atoms with van der Waals surface area (Å²) in [6.07, 6.45) is -0.806. The van der Waals surface area contributed by atoms with Gasteiger partial charge in [-0.1, -0.05) is 0 Å². The number of hydrogen-bond acceptors (Lipinski definition) is 4. The maximum Gasteiger partial charge on any atom is 0.371 e. The molecule has 0 radical (unpaired) electrons. The first-order valence-corrected chi connectivity index (χ1v) is 2.94. The summed E-state index contributed by atoms with van der Waals surface area (Å²) in [5.41, 5.74) is 0. The predicted molar refractivity (Wildman–Crippen MR) is 38.2 cm³/mol. The number of carboxylic acid groups (broad SMARTS) is 3. The average Bonchev–Trinajstić information content (AvgIpc) is 1.84. The third kappa shape index (κ3) is 17.8. The van der Waals surface area contributed by atoms with E-state index in [1.165, 1.54) is 0 Å². The number of carbonyl (C=O) groups excluding carboxylic acids is 1. The van der Waals surface area contributed by atoms with Crippen LogP contribution in [0.4, 0.5) is 0 Å². The third-order valence-electron chi connectivity index (χ3n) is 0.604. The number of aliphatic carboxylic acids is 3. The van der Waals surface area contributed by atoms with Crippen molar-refractivity contribution in [1.82, 2.24) is 0 Å². The molecule has 0 aromatic rings. The normalized spacial score (nSPS) is 7.77. The summed E-state index contributed by atoms with van der Waals surface area (Å²) < 4.78 is 0. The molecular weight excluding hydrogens is 184 g/mol. The number of rotatable bonds is 3. The van der Waals surface area contributed by atoms with E-state index in [0.717, 1.165) is 6.92 Å². The average molecular weight is 192 g/mol. The molecule has 0 fully saturated rings. The molecule has 0 aromatic heterocycles. The largest absolute Gasteiger partial charge is 0.481 e. The molecule has 0 amide bonds. The zero-order valence-electron chi connectivity index (χ0n) is 6.68. The summed E-state index contributed by atoms with van der Waals surface area (Å²) in [7, 11) is 0. The Morgan fingerprint density at radius 2 is 1.15 bits per heavy atom. The second-order valence-electron chi connectivity index (χ2n) is 1.83. The molecule has 0 aliphatic carbocycles. The van der Waals surface area contributed by atoms with Gasteiger partial charge in [0.2, 0.25) is 5.78 Å². The highest BCUT2D eigenvalue weighted by Crippen LogP contribution is 1.74. The van der Waals surface area contributed by atoms with Gasteiger partial charge in [0.25, 0.3) is 0 Å². The van der Waals surface area contributed by atoms with Crippen LogP contribution in [0.5, 0.6) is 0 Å². The lowest BCUT2D eigenvalue weighted by molar-refractivity contribution is -0.148. The molecular formula is C6H8O7. The maximum absolute atomic E-state index is 9.54. The van der Waals surface area contributed by atoms with Gasteiger partial charge in [0.05, 0.1) is 0 Å². The Morgan fingerprint density at radius 3 is 1.15 bits per heavy atom. The minimum atomic E-state index is -1.38. The molecule has 0 saturated heterocycles. The van der Waals surface area contributed by atoms with Crippen molar-refractivity contribution >= 4 is 23.7 Å². The van der Waals surface area contributed by atoms with Gasteiger partial charge < -0.3 is 15.3 Å². The van der Waals surface area contributed by atoms with Crippen LogP contribution >= 0.6 is 0 Å². The third-order valence-corrected chi connectivity index (χ3v) is 0.604. The molecule has 0 aliphatic heterocycles. The number of ketones is 1. The molecule has 0 unspecified atom stereocenters. The van der Waals surface area contributed by atoms with Crippen LogP contribution in [-0.4, -0.2) is 39.0 Å². The molecule has 0 atom stereocenters. The minimum Gasteiger partial charge on any atom is -0.481 e. The molecule has 0 spiro atoms. The van der Waals surface area contributed by atoms with Crippen molar-refractivity contribution in [3.63, 3.8) is 0 Å². The van der Waals surface area contributed by atoms with Crippen LogP contribution in [0, 0.1) is 0 Å². The zero-order chi connectivity index (χ0) is 11.0. The van der Waals surface area contributed by atoms with E-state index in [1.807, 2.05) is 0 Å². The quantitative estimate of drug-likeness (QED) is 0.394. The van der Waals surface area contributed by atoms with E-state index in [1.54, 1.807) is 0 Å². The first kappa shape index (κ1) is 13.7. The van der Waals surface area contributed by atoms with Gasteiger partial charge in [-0.2, -0.15) is 0 Å². The van der Waals surface area contributed by atoms with Gasteiger partial charge in [-0.25, -0.2) is 4.79 Å². The highest BCUT2D eigenvalue weighted by atomic mass is 16.4. The van der Waals surface area contributed by atoms with E-state index >= 15 is 0 Å². The van der Waals surface area contributed by atoms with Crippen LogP contribution < -0.4 is 0 Å². The highest BCUT2D eigenvalue weighted by Gasteiger charge is 2.01. The lowest BCUT2D eigenvalue weighted by Crippen LogP contribution is -2.05. The summed E-state index contributed by atoms with van der Waals surface area (Å²) in [6, 6.07) is 0. The van der Waals surface area contributed by atoms with E-state index in [-0.39, 0.29) is 0 Å². The second kappa shape index (κ2) is 6.77. The minimum absolute atomic E-state index is 0.806. The van der Waals surface area contributed by atoms with Crippen molar-refractivity contribution in [3.05, 3.63) is 0 Å².